The number of rotatable bonds is 5. The van der Waals surface area contributed by atoms with Crippen LogP contribution in [0.4, 0.5) is 13.2 Å². The number of ether oxygens (including phenoxy) is 1. The molecule has 0 aliphatic carbocycles. The largest absolute Gasteiger partial charge is 0.484 e. The van der Waals surface area contributed by atoms with E-state index in [4.69, 9.17) is 4.74 Å². The van der Waals surface area contributed by atoms with Crippen LogP contribution < -0.4 is 15.6 Å². The molecule has 1 heterocycles. The van der Waals surface area contributed by atoms with Crippen molar-refractivity contribution in [1.29, 1.82) is 0 Å². The third kappa shape index (κ3) is 5.28. The Hall–Kier alpha value is -3.96. The molecule has 0 unspecified atom stereocenters. The monoisotopic (exact) mass is 406 g/mol. The van der Waals surface area contributed by atoms with Crippen molar-refractivity contribution in [2.24, 2.45) is 0 Å². The summed E-state index contributed by atoms with van der Waals surface area (Å²) < 4.78 is 44.3. The lowest BCUT2D eigenvalue weighted by atomic mass is 10.2. The van der Waals surface area contributed by atoms with Gasteiger partial charge in [-0.3, -0.25) is 20.4 Å². The molecular weight excluding hydrogens is 393 g/mol. The van der Waals surface area contributed by atoms with Crippen LogP contribution >= 0.6 is 0 Å². The third-order valence-electron chi connectivity index (χ3n) is 3.57. The number of carbonyl (C=O) groups is 2. The minimum absolute atomic E-state index is 0.129. The molecule has 0 atom stereocenters. The molecule has 0 aliphatic heterocycles. The van der Waals surface area contributed by atoms with Gasteiger partial charge in [0.05, 0.1) is 11.3 Å². The maximum Gasteiger partial charge on any atom is 0.416 e. The summed E-state index contributed by atoms with van der Waals surface area (Å²) in [5.41, 5.74) is 4.15. The maximum absolute atomic E-state index is 12.7. The van der Waals surface area contributed by atoms with Gasteiger partial charge in [0.1, 0.15) is 12.1 Å². The number of hydrazine groups is 1. The van der Waals surface area contributed by atoms with Gasteiger partial charge in [-0.1, -0.05) is 12.1 Å². The van der Waals surface area contributed by atoms with Crippen molar-refractivity contribution in [2.75, 3.05) is 6.61 Å². The number of halogens is 3. The van der Waals surface area contributed by atoms with Gasteiger partial charge >= 0.3 is 6.18 Å². The summed E-state index contributed by atoms with van der Waals surface area (Å²) in [5.74, 6) is -1.50. The fourth-order valence-electron chi connectivity index (χ4n) is 2.22. The first kappa shape index (κ1) is 19.8. The molecule has 2 aromatic carbocycles. The van der Waals surface area contributed by atoms with Crippen LogP contribution in [0.5, 0.6) is 5.75 Å². The summed E-state index contributed by atoms with van der Waals surface area (Å²) in [6, 6.07) is 10.4. The van der Waals surface area contributed by atoms with Crippen LogP contribution in [0, 0.1) is 0 Å². The van der Waals surface area contributed by atoms with Crippen LogP contribution in [-0.4, -0.2) is 38.6 Å². The molecule has 0 saturated heterocycles. The molecule has 0 fully saturated rings. The van der Waals surface area contributed by atoms with Crippen LogP contribution in [0.2, 0.25) is 0 Å². The van der Waals surface area contributed by atoms with E-state index in [2.05, 4.69) is 26.4 Å². The van der Waals surface area contributed by atoms with Crippen molar-refractivity contribution in [3.05, 3.63) is 66.0 Å². The van der Waals surface area contributed by atoms with Crippen molar-refractivity contribution in [3.63, 3.8) is 0 Å². The molecule has 3 rings (SSSR count). The highest BCUT2D eigenvalue weighted by molar-refractivity contribution is 5.95. The topological polar surface area (TPSA) is 111 Å². The molecule has 0 bridgehead atoms. The summed E-state index contributed by atoms with van der Waals surface area (Å²) in [6.07, 6.45) is -3.17. The predicted molar refractivity (Wildman–Crippen MR) is 91.7 cm³/mol. The molecule has 3 aromatic rings. The number of nitrogens with zero attached hydrogens (tertiary/aromatic N) is 4. The Kier molecular flexibility index (Phi) is 5.71. The van der Waals surface area contributed by atoms with Crippen molar-refractivity contribution in [3.8, 4) is 11.4 Å². The average Bonchev–Trinajstić information content (AvgIpc) is 3.25. The molecular formula is C17H13F3N6O3. The molecule has 2 amide bonds. The summed E-state index contributed by atoms with van der Waals surface area (Å²) in [5, 5.41) is 10.7. The molecule has 150 valence electrons. The molecule has 0 radical (unpaired) electrons. The number of alkyl halides is 3. The minimum Gasteiger partial charge on any atom is -0.484 e. The van der Waals surface area contributed by atoms with E-state index in [9.17, 15) is 22.8 Å². The molecule has 0 aliphatic rings. The van der Waals surface area contributed by atoms with Gasteiger partial charge in [-0.25, -0.2) is 4.68 Å². The van der Waals surface area contributed by atoms with E-state index in [0.717, 1.165) is 18.2 Å². The summed E-state index contributed by atoms with van der Waals surface area (Å²) >= 11 is 0. The zero-order chi connectivity index (χ0) is 20.9. The lowest BCUT2D eigenvalue weighted by molar-refractivity contribution is -0.137. The first-order valence-electron chi connectivity index (χ1n) is 8.05. The minimum atomic E-state index is -4.52. The molecule has 29 heavy (non-hydrogen) atoms. The van der Waals surface area contributed by atoms with Crippen molar-refractivity contribution in [2.45, 2.75) is 6.18 Å². The number of hydrogen-bond donors (Lipinski definition) is 2. The lowest BCUT2D eigenvalue weighted by Gasteiger charge is -2.11. The van der Waals surface area contributed by atoms with Gasteiger partial charge in [-0.15, -0.1) is 5.10 Å². The second-order valence-corrected chi connectivity index (χ2v) is 5.62. The Morgan fingerprint density at radius 2 is 1.86 bits per heavy atom. The second-order valence-electron chi connectivity index (χ2n) is 5.62. The van der Waals surface area contributed by atoms with Crippen molar-refractivity contribution < 1.29 is 27.5 Å². The van der Waals surface area contributed by atoms with Crippen LogP contribution in [0.1, 0.15) is 15.9 Å². The van der Waals surface area contributed by atoms with Gasteiger partial charge in [-0.05, 0) is 46.8 Å². The molecule has 9 nitrogen and oxygen atoms in total. The number of carbonyl (C=O) groups excluding carboxylic acids is 2. The first-order chi connectivity index (χ1) is 13.8. The fourth-order valence-corrected chi connectivity index (χ4v) is 2.22. The average molecular weight is 406 g/mol. The Morgan fingerprint density at radius 1 is 1.07 bits per heavy atom. The quantitative estimate of drug-likeness (QED) is 0.622. The Morgan fingerprint density at radius 3 is 2.59 bits per heavy atom. The van der Waals surface area contributed by atoms with E-state index in [1.807, 2.05) is 0 Å². The van der Waals surface area contributed by atoms with E-state index in [1.165, 1.54) is 29.2 Å². The maximum atomic E-state index is 12.7. The highest BCUT2D eigenvalue weighted by Crippen LogP contribution is 2.31. The highest BCUT2D eigenvalue weighted by Gasteiger charge is 2.30. The van der Waals surface area contributed by atoms with Crippen molar-refractivity contribution in [1.82, 2.24) is 31.1 Å². The van der Waals surface area contributed by atoms with E-state index in [1.54, 1.807) is 12.1 Å². The zero-order valence-electron chi connectivity index (χ0n) is 14.6. The molecule has 0 saturated carbocycles. The van der Waals surface area contributed by atoms with E-state index in [0.29, 0.717) is 5.69 Å². The van der Waals surface area contributed by atoms with E-state index < -0.39 is 30.2 Å². The fraction of sp³-hybridized carbons (Fsp3) is 0.118. The SMILES string of the molecule is O=C(COc1cccc(C(F)(F)F)c1)NNC(=O)c1cccc(-n2cnnn2)c1. The van der Waals surface area contributed by atoms with Gasteiger partial charge in [0.2, 0.25) is 0 Å². The molecule has 0 spiro atoms. The summed E-state index contributed by atoms with van der Waals surface area (Å²) in [4.78, 5) is 23.9. The van der Waals surface area contributed by atoms with Gasteiger partial charge in [0.25, 0.3) is 11.8 Å². The van der Waals surface area contributed by atoms with Crippen LogP contribution in [-0.2, 0) is 11.0 Å². The summed E-state index contributed by atoms with van der Waals surface area (Å²) in [6.45, 7) is -0.591. The predicted octanol–water partition coefficient (Wildman–Crippen LogP) is 1.52. The van der Waals surface area contributed by atoms with Crippen LogP contribution in [0.15, 0.2) is 54.9 Å². The number of nitrogens with one attached hydrogen (secondary N) is 2. The van der Waals surface area contributed by atoms with Gasteiger partial charge in [0.15, 0.2) is 6.61 Å². The van der Waals surface area contributed by atoms with Gasteiger partial charge in [-0.2, -0.15) is 13.2 Å². The Labute approximate surface area is 161 Å². The number of hydrogen-bond acceptors (Lipinski definition) is 6. The molecule has 12 heteroatoms. The van der Waals surface area contributed by atoms with Crippen LogP contribution in [0.3, 0.4) is 0 Å². The van der Waals surface area contributed by atoms with Crippen LogP contribution in [0.25, 0.3) is 5.69 Å². The Bertz CT molecular complexity index is 1010. The zero-order valence-corrected chi connectivity index (χ0v) is 14.6. The first-order valence-corrected chi connectivity index (χ1v) is 8.05. The smallest absolute Gasteiger partial charge is 0.416 e. The highest BCUT2D eigenvalue weighted by atomic mass is 19.4. The van der Waals surface area contributed by atoms with E-state index >= 15 is 0 Å². The molecule has 2 N–H and O–H groups in total. The van der Waals surface area contributed by atoms with Gasteiger partial charge < -0.3 is 4.74 Å². The lowest BCUT2D eigenvalue weighted by Crippen LogP contribution is -2.43. The second kappa shape index (κ2) is 8.37. The van der Waals surface area contributed by atoms with E-state index in [-0.39, 0.29) is 11.3 Å². The number of amides is 2. The normalized spacial score (nSPS) is 11.0. The number of tetrazole rings is 1. The number of benzene rings is 2. The summed E-state index contributed by atoms with van der Waals surface area (Å²) in [7, 11) is 0. The van der Waals surface area contributed by atoms with Crippen molar-refractivity contribution >= 4 is 11.8 Å². The molecule has 1 aromatic heterocycles. The third-order valence-corrected chi connectivity index (χ3v) is 3.57. The standard InChI is InChI=1S/C17H13F3N6O3/c18-17(19,20)12-4-2-6-14(8-12)29-9-15(27)22-23-16(28)11-3-1-5-13(7-11)26-10-21-24-25-26/h1-8,10H,9H2,(H,22,27)(H,23,28). The number of aromatic nitrogens is 4. The Balaban J connectivity index is 1.52. The van der Waals surface area contributed by atoms with Gasteiger partial charge in [0, 0.05) is 5.56 Å².